The van der Waals surface area contributed by atoms with Gasteiger partial charge in [0.15, 0.2) is 0 Å². The van der Waals surface area contributed by atoms with Gasteiger partial charge in [0, 0.05) is 26.6 Å². The third-order valence-electron chi connectivity index (χ3n) is 3.58. The number of hydrogen-bond donors (Lipinski definition) is 2. The molecule has 1 aromatic heterocycles. The van der Waals surface area contributed by atoms with E-state index in [0.717, 1.165) is 0 Å². The molecule has 2 heterocycles. The molecule has 2 amide bonds. The summed E-state index contributed by atoms with van der Waals surface area (Å²) in [5.41, 5.74) is 0.264. The molecule has 0 saturated carbocycles. The van der Waals surface area contributed by atoms with Crippen LogP contribution in [0.25, 0.3) is 0 Å². The van der Waals surface area contributed by atoms with Crippen LogP contribution in [0.4, 0.5) is 0 Å². The number of aromatic nitrogens is 1. The summed E-state index contributed by atoms with van der Waals surface area (Å²) < 4.78 is 5.54. The molecule has 1 aliphatic rings. The van der Waals surface area contributed by atoms with Crippen LogP contribution in [0, 0.1) is 0 Å². The summed E-state index contributed by atoms with van der Waals surface area (Å²) in [6, 6.07) is 1.45. The molecule has 0 spiro atoms. The molecular formula is C14H17Cl2N3O5. The Kier molecular flexibility index (Phi) is 6.09. The second-order valence-electron chi connectivity index (χ2n) is 5.38. The summed E-state index contributed by atoms with van der Waals surface area (Å²) in [4.78, 5) is 40.2. The molecule has 0 aromatic carbocycles. The Labute approximate surface area is 148 Å². The van der Waals surface area contributed by atoms with Gasteiger partial charge >= 0.3 is 5.97 Å². The highest BCUT2D eigenvalue weighted by molar-refractivity contribution is 6.41. The van der Waals surface area contributed by atoms with E-state index in [2.05, 4.69) is 4.98 Å². The molecule has 1 aromatic rings. The number of morpholine rings is 1. The first-order valence-corrected chi connectivity index (χ1v) is 7.95. The van der Waals surface area contributed by atoms with Crippen LogP contribution >= 0.6 is 23.2 Å². The van der Waals surface area contributed by atoms with E-state index in [-0.39, 0.29) is 47.4 Å². The van der Waals surface area contributed by atoms with Gasteiger partial charge in [-0.2, -0.15) is 0 Å². The number of ether oxygens (including phenoxy) is 1. The smallest absolute Gasteiger partial charge is 0.323 e. The minimum atomic E-state index is -1.11. The van der Waals surface area contributed by atoms with Crippen molar-refractivity contribution >= 4 is 41.0 Å². The zero-order valence-corrected chi connectivity index (χ0v) is 14.4. The molecule has 1 saturated heterocycles. The Bertz CT molecular complexity index is 629. The number of halogens is 2. The second-order valence-corrected chi connectivity index (χ2v) is 6.17. The Hall–Kier alpha value is -1.77. The number of H-pyrrole nitrogens is 1. The number of amides is 2. The number of rotatable bonds is 5. The number of hydrogen-bond acceptors (Lipinski definition) is 4. The first-order valence-electron chi connectivity index (χ1n) is 7.20. The summed E-state index contributed by atoms with van der Waals surface area (Å²) in [5, 5.41) is 9.30. The van der Waals surface area contributed by atoms with Gasteiger partial charge < -0.3 is 24.6 Å². The standard InChI is InChI=1S/C14H17Cl2N3O5/c1-8(20)19(7-12(21)22)6-9-5-18(2-3-24-9)14(23)11-4-10(15)13(16)17-11/h4,9,17H,2-3,5-7H2,1H3,(H,21,22). The lowest BCUT2D eigenvalue weighted by Crippen LogP contribution is -2.51. The van der Waals surface area contributed by atoms with Crippen molar-refractivity contribution < 1.29 is 24.2 Å². The highest BCUT2D eigenvalue weighted by Crippen LogP contribution is 2.23. The van der Waals surface area contributed by atoms with E-state index in [1.54, 1.807) is 4.90 Å². The Morgan fingerprint density at radius 3 is 2.71 bits per heavy atom. The van der Waals surface area contributed by atoms with Gasteiger partial charge in [0.25, 0.3) is 5.91 Å². The van der Waals surface area contributed by atoms with Gasteiger partial charge in [0.05, 0.1) is 17.7 Å². The SMILES string of the molecule is CC(=O)N(CC(=O)O)CC1CN(C(=O)c2cc(Cl)c(Cl)[nH]2)CCO1. The van der Waals surface area contributed by atoms with Gasteiger partial charge in [-0.05, 0) is 6.07 Å². The fraction of sp³-hybridized carbons (Fsp3) is 0.500. The van der Waals surface area contributed by atoms with Crippen molar-refractivity contribution in [3.63, 3.8) is 0 Å². The van der Waals surface area contributed by atoms with E-state index < -0.39 is 18.6 Å². The van der Waals surface area contributed by atoms with Gasteiger partial charge in [-0.25, -0.2) is 0 Å². The molecule has 1 fully saturated rings. The van der Waals surface area contributed by atoms with Gasteiger partial charge in [0.2, 0.25) is 5.91 Å². The minimum Gasteiger partial charge on any atom is -0.480 e. The van der Waals surface area contributed by atoms with Crippen molar-refractivity contribution in [2.75, 3.05) is 32.8 Å². The van der Waals surface area contributed by atoms with Crippen LogP contribution in [-0.4, -0.2) is 76.6 Å². The predicted octanol–water partition coefficient (Wildman–Crippen LogP) is 1.10. The normalized spacial score (nSPS) is 17.6. The van der Waals surface area contributed by atoms with Crippen LogP contribution < -0.4 is 0 Å². The third kappa shape index (κ3) is 4.62. The van der Waals surface area contributed by atoms with Crippen LogP contribution in [0.15, 0.2) is 6.07 Å². The quantitative estimate of drug-likeness (QED) is 0.799. The number of carboxylic acids is 1. The topological polar surface area (TPSA) is 103 Å². The van der Waals surface area contributed by atoms with E-state index in [4.69, 9.17) is 33.0 Å². The van der Waals surface area contributed by atoms with E-state index >= 15 is 0 Å². The fourth-order valence-electron chi connectivity index (χ4n) is 2.42. The zero-order valence-electron chi connectivity index (χ0n) is 12.9. The molecule has 8 nitrogen and oxygen atoms in total. The number of aliphatic carboxylic acids is 1. The summed E-state index contributed by atoms with van der Waals surface area (Å²) in [6.45, 7) is 1.87. The number of carbonyl (C=O) groups is 3. The molecular weight excluding hydrogens is 361 g/mol. The maximum Gasteiger partial charge on any atom is 0.323 e. The number of nitrogens with zero attached hydrogens (tertiary/aromatic N) is 2. The molecule has 2 N–H and O–H groups in total. The number of carbonyl (C=O) groups excluding carboxylic acids is 2. The Morgan fingerprint density at radius 1 is 1.46 bits per heavy atom. The maximum atomic E-state index is 12.5. The fourth-order valence-corrected chi connectivity index (χ4v) is 2.73. The number of aromatic amines is 1. The molecule has 0 aliphatic carbocycles. The van der Waals surface area contributed by atoms with Crippen LogP contribution in [0.5, 0.6) is 0 Å². The molecule has 132 valence electrons. The van der Waals surface area contributed by atoms with Crippen LogP contribution in [0.2, 0.25) is 10.2 Å². The second kappa shape index (κ2) is 7.87. The van der Waals surface area contributed by atoms with Crippen molar-refractivity contribution in [3.05, 3.63) is 21.9 Å². The summed E-state index contributed by atoms with van der Waals surface area (Å²) in [6.07, 6.45) is -0.466. The molecule has 1 atom stereocenters. The lowest BCUT2D eigenvalue weighted by molar-refractivity contribution is -0.145. The van der Waals surface area contributed by atoms with Crippen molar-refractivity contribution in [2.24, 2.45) is 0 Å². The van der Waals surface area contributed by atoms with Gasteiger partial charge in [-0.3, -0.25) is 14.4 Å². The van der Waals surface area contributed by atoms with Crippen LogP contribution in [0.3, 0.4) is 0 Å². The van der Waals surface area contributed by atoms with Crippen molar-refractivity contribution in [2.45, 2.75) is 13.0 Å². The van der Waals surface area contributed by atoms with Crippen LogP contribution in [-0.2, 0) is 14.3 Å². The largest absolute Gasteiger partial charge is 0.480 e. The number of carboxylic acid groups (broad SMARTS) is 1. The predicted molar refractivity (Wildman–Crippen MR) is 86.3 cm³/mol. The Balaban J connectivity index is 2.01. The van der Waals surface area contributed by atoms with E-state index in [1.807, 2.05) is 0 Å². The van der Waals surface area contributed by atoms with Gasteiger partial charge in [-0.15, -0.1) is 0 Å². The molecule has 1 unspecified atom stereocenters. The maximum absolute atomic E-state index is 12.5. The molecule has 0 bridgehead atoms. The first-order chi connectivity index (χ1) is 11.3. The van der Waals surface area contributed by atoms with Crippen molar-refractivity contribution in [3.8, 4) is 0 Å². The minimum absolute atomic E-state index is 0.0949. The molecule has 24 heavy (non-hydrogen) atoms. The molecule has 0 radical (unpaired) electrons. The highest BCUT2D eigenvalue weighted by Gasteiger charge is 2.28. The average molecular weight is 378 g/mol. The van der Waals surface area contributed by atoms with E-state index in [1.165, 1.54) is 17.9 Å². The third-order valence-corrected chi connectivity index (χ3v) is 4.27. The van der Waals surface area contributed by atoms with Gasteiger partial charge in [-0.1, -0.05) is 23.2 Å². The van der Waals surface area contributed by atoms with Gasteiger partial charge in [0.1, 0.15) is 17.4 Å². The summed E-state index contributed by atoms with van der Waals surface area (Å²) in [7, 11) is 0. The summed E-state index contributed by atoms with van der Waals surface area (Å²) in [5.74, 6) is -1.76. The lowest BCUT2D eigenvalue weighted by atomic mass is 10.2. The Morgan fingerprint density at radius 2 is 2.17 bits per heavy atom. The molecule has 1 aliphatic heterocycles. The van der Waals surface area contributed by atoms with E-state index in [0.29, 0.717) is 6.54 Å². The lowest BCUT2D eigenvalue weighted by Gasteiger charge is -2.35. The summed E-state index contributed by atoms with van der Waals surface area (Å²) >= 11 is 11.6. The monoisotopic (exact) mass is 377 g/mol. The molecule has 10 heteroatoms. The molecule has 2 rings (SSSR count). The number of nitrogens with one attached hydrogen (secondary N) is 1. The van der Waals surface area contributed by atoms with Crippen molar-refractivity contribution in [1.29, 1.82) is 0 Å². The highest BCUT2D eigenvalue weighted by atomic mass is 35.5. The van der Waals surface area contributed by atoms with Crippen molar-refractivity contribution in [1.82, 2.24) is 14.8 Å². The van der Waals surface area contributed by atoms with Crippen LogP contribution in [0.1, 0.15) is 17.4 Å². The average Bonchev–Trinajstić information content (AvgIpc) is 2.85. The first kappa shape index (κ1) is 18.6. The zero-order chi connectivity index (χ0) is 17.9. The van der Waals surface area contributed by atoms with E-state index in [9.17, 15) is 14.4 Å².